The summed E-state index contributed by atoms with van der Waals surface area (Å²) in [4.78, 5) is 34.8. The van der Waals surface area contributed by atoms with Gasteiger partial charge in [-0.05, 0) is 19.9 Å². The second-order valence-corrected chi connectivity index (χ2v) is 6.95. The SMILES string of the molecule is C=S1[C@@H]2C(=CC=O)C(=O)N2[C@@H](C(=O)O)C1(C)C. The lowest BCUT2D eigenvalue weighted by Gasteiger charge is -2.39. The normalized spacial score (nSPS) is 36.6. The summed E-state index contributed by atoms with van der Waals surface area (Å²) in [6.45, 7) is 3.60. The summed E-state index contributed by atoms with van der Waals surface area (Å²) in [5.74, 6) is 2.61. The van der Waals surface area contributed by atoms with E-state index < -0.39 is 27.2 Å². The van der Waals surface area contributed by atoms with Crippen molar-refractivity contribution in [3.8, 4) is 0 Å². The van der Waals surface area contributed by atoms with E-state index in [1.54, 1.807) is 13.8 Å². The molecule has 0 radical (unpaired) electrons. The number of hydrogen-bond acceptors (Lipinski definition) is 3. The summed E-state index contributed by atoms with van der Waals surface area (Å²) in [6.07, 6.45) is 1.78. The van der Waals surface area contributed by atoms with Gasteiger partial charge in [-0.25, -0.2) is 4.79 Å². The van der Waals surface area contributed by atoms with Crippen LogP contribution in [0.15, 0.2) is 11.6 Å². The Hall–Kier alpha value is -1.43. The maximum Gasteiger partial charge on any atom is 0.327 e. The zero-order valence-corrected chi connectivity index (χ0v) is 10.4. The van der Waals surface area contributed by atoms with Gasteiger partial charge >= 0.3 is 5.97 Å². The zero-order chi connectivity index (χ0) is 13.0. The van der Waals surface area contributed by atoms with Gasteiger partial charge in [0.15, 0.2) is 0 Å². The van der Waals surface area contributed by atoms with Gasteiger partial charge in [0.05, 0.1) is 5.57 Å². The number of carbonyl (C=O) groups excluding carboxylic acids is 2. The Labute approximate surface area is 101 Å². The molecular formula is C11H13NO4S. The highest BCUT2D eigenvalue weighted by Crippen LogP contribution is 2.56. The second-order valence-electron chi connectivity index (χ2n) is 4.60. The van der Waals surface area contributed by atoms with Crippen LogP contribution in [0.1, 0.15) is 13.8 Å². The molecule has 0 aromatic heterocycles. The number of carboxylic acids is 1. The molecule has 0 saturated carbocycles. The van der Waals surface area contributed by atoms with Crippen molar-refractivity contribution in [3.05, 3.63) is 11.6 Å². The molecule has 17 heavy (non-hydrogen) atoms. The van der Waals surface area contributed by atoms with Crippen molar-refractivity contribution in [3.63, 3.8) is 0 Å². The molecule has 0 aromatic carbocycles. The van der Waals surface area contributed by atoms with Gasteiger partial charge in [-0.1, -0.05) is 5.87 Å². The van der Waals surface area contributed by atoms with Crippen LogP contribution in [0.4, 0.5) is 0 Å². The molecule has 0 aromatic rings. The summed E-state index contributed by atoms with van der Waals surface area (Å²) in [7, 11) is -0.527. The predicted octanol–water partition coefficient (Wildman–Crippen LogP) is 0.226. The topological polar surface area (TPSA) is 74.7 Å². The van der Waals surface area contributed by atoms with Gasteiger partial charge in [0.25, 0.3) is 5.91 Å². The molecule has 0 bridgehead atoms. The summed E-state index contributed by atoms with van der Waals surface area (Å²) < 4.78 is -0.579. The zero-order valence-electron chi connectivity index (χ0n) is 9.54. The molecule has 2 rings (SSSR count). The number of fused-ring (bicyclic) bond motifs is 1. The summed E-state index contributed by atoms with van der Waals surface area (Å²) in [5.41, 5.74) is 0.384. The number of aliphatic carboxylic acids is 1. The van der Waals surface area contributed by atoms with E-state index in [0.29, 0.717) is 11.9 Å². The third kappa shape index (κ3) is 1.33. The van der Waals surface area contributed by atoms with Gasteiger partial charge in [0.1, 0.15) is 17.7 Å². The molecule has 2 fully saturated rings. The minimum absolute atomic E-state index is 0.316. The molecule has 1 unspecified atom stereocenters. The number of hydrogen-bond donors (Lipinski definition) is 1. The number of carboxylic acid groups (broad SMARTS) is 1. The Morgan fingerprint density at radius 2 is 2.18 bits per heavy atom. The standard InChI is InChI=1S/C11H13NO4S/c1-11(2)7(10(15)16)12-8(14)6(4-5-13)9(12)17(11)3/h4-5,7,9H,3H2,1-2H3,(H,15,16)/t7-,9+,17?/m0/s1. The first-order valence-electron chi connectivity index (χ1n) is 5.07. The number of allylic oxidation sites excluding steroid dienone is 1. The molecule has 2 heterocycles. The molecule has 2 saturated heterocycles. The van der Waals surface area contributed by atoms with Crippen LogP contribution in [-0.2, 0) is 14.4 Å². The first-order valence-corrected chi connectivity index (χ1v) is 6.53. The Morgan fingerprint density at radius 1 is 1.59 bits per heavy atom. The van der Waals surface area contributed by atoms with E-state index in [-0.39, 0.29) is 11.3 Å². The van der Waals surface area contributed by atoms with E-state index in [4.69, 9.17) is 0 Å². The number of rotatable bonds is 2. The maximum atomic E-state index is 11.8. The highest BCUT2D eigenvalue weighted by atomic mass is 32.2. The van der Waals surface area contributed by atoms with Crippen LogP contribution in [0.25, 0.3) is 0 Å². The van der Waals surface area contributed by atoms with Crippen molar-refractivity contribution in [2.45, 2.75) is 30.0 Å². The van der Waals surface area contributed by atoms with Crippen LogP contribution in [-0.4, -0.2) is 50.2 Å². The van der Waals surface area contributed by atoms with Crippen molar-refractivity contribution < 1.29 is 19.5 Å². The minimum Gasteiger partial charge on any atom is -0.480 e. The Bertz CT molecular complexity index is 480. The number of nitrogens with zero attached hydrogens (tertiary/aromatic N) is 1. The number of amides is 1. The molecule has 6 heteroatoms. The number of carbonyl (C=O) groups is 3. The fraction of sp³-hybridized carbons (Fsp3) is 0.455. The average Bonchev–Trinajstić information content (AvgIpc) is 2.42. The summed E-state index contributed by atoms with van der Waals surface area (Å²) in [6, 6.07) is -0.857. The van der Waals surface area contributed by atoms with E-state index >= 15 is 0 Å². The number of β-lactam (4-membered cyclic amide) rings is 1. The fourth-order valence-corrected chi connectivity index (χ4v) is 4.45. The highest BCUT2D eigenvalue weighted by Gasteiger charge is 2.62. The van der Waals surface area contributed by atoms with Crippen LogP contribution in [0, 0.1) is 0 Å². The number of aldehydes is 1. The van der Waals surface area contributed by atoms with Crippen molar-refractivity contribution in [1.82, 2.24) is 4.90 Å². The molecule has 2 aliphatic heterocycles. The van der Waals surface area contributed by atoms with Gasteiger partial charge in [0, 0.05) is 4.75 Å². The average molecular weight is 255 g/mol. The molecule has 1 N–H and O–H groups in total. The Morgan fingerprint density at radius 3 is 2.65 bits per heavy atom. The van der Waals surface area contributed by atoms with Gasteiger partial charge in [-0.2, -0.15) is 10.5 Å². The molecule has 3 atom stereocenters. The quantitative estimate of drug-likeness (QED) is 0.332. The lowest BCUT2D eigenvalue weighted by Crippen LogP contribution is -2.58. The predicted molar refractivity (Wildman–Crippen MR) is 65.0 cm³/mol. The van der Waals surface area contributed by atoms with Crippen LogP contribution in [0.5, 0.6) is 0 Å². The van der Waals surface area contributed by atoms with Crippen LogP contribution in [0.3, 0.4) is 0 Å². The molecule has 1 amide bonds. The molecule has 0 aliphatic carbocycles. The van der Waals surface area contributed by atoms with Crippen molar-refractivity contribution >= 4 is 34.5 Å². The van der Waals surface area contributed by atoms with Crippen molar-refractivity contribution in [2.24, 2.45) is 0 Å². The van der Waals surface area contributed by atoms with E-state index in [9.17, 15) is 19.5 Å². The summed E-state index contributed by atoms with van der Waals surface area (Å²) >= 11 is 0. The third-order valence-electron chi connectivity index (χ3n) is 3.36. The Balaban J connectivity index is 2.48. The largest absolute Gasteiger partial charge is 0.480 e. The fourth-order valence-electron chi connectivity index (χ4n) is 2.40. The van der Waals surface area contributed by atoms with Gasteiger partial charge in [-0.15, -0.1) is 0 Å². The highest BCUT2D eigenvalue weighted by molar-refractivity contribution is 8.16. The third-order valence-corrected chi connectivity index (χ3v) is 5.96. The van der Waals surface area contributed by atoms with Gasteiger partial charge < -0.3 is 10.0 Å². The first-order chi connectivity index (χ1) is 7.84. The van der Waals surface area contributed by atoms with Crippen LogP contribution in [0.2, 0.25) is 0 Å². The summed E-state index contributed by atoms with van der Waals surface area (Å²) in [5, 5.41) is 8.90. The molecular weight excluding hydrogens is 242 g/mol. The van der Waals surface area contributed by atoms with Crippen LogP contribution >= 0.6 is 10.5 Å². The second kappa shape index (κ2) is 3.53. The molecule has 2 aliphatic rings. The van der Waals surface area contributed by atoms with E-state index in [0.717, 1.165) is 0 Å². The van der Waals surface area contributed by atoms with Gasteiger partial charge in [-0.3, -0.25) is 9.59 Å². The first kappa shape index (κ1) is 12.0. The molecule has 0 spiro atoms. The van der Waals surface area contributed by atoms with E-state index in [2.05, 4.69) is 5.87 Å². The smallest absolute Gasteiger partial charge is 0.327 e. The van der Waals surface area contributed by atoms with Crippen LogP contribution < -0.4 is 0 Å². The van der Waals surface area contributed by atoms with E-state index in [1.165, 1.54) is 11.0 Å². The lowest BCUT2D eigenvalue weighted by molar-refractivity contribution is -0.152. The van der Waals surface area contributed by atoms with Crippen molar-refractivity contribution in [2.75, 3.05) is 0 Å². The van der Waals surface area contributed by atoms with E-state index in [1.807, 2.05) is 0 Å². The van der Waals surface area contributed by atoms with Crippen molar-refractivity contribution in [1.29, 1.82) is 0 Å². The monoisotopic (exact) mass is 255 g/mol. The molecule has 5 nitrogen and oxygen atoms in total. The molecule has 92 valence electrons. The maximum absolute atomic E-state index is 11.8. The minimum atomic E-state index is -1.02. The Kier molecular flexibility index (Phi) is 2.50. The van der Waals surface area contributed by atoms with Gasteiger partial charge in [0.2, 0.25) is 0 Å². The lowest BCUT2D eigenvalue weighted by atomic mass is 9.96.